The van der Waals surface area contributed by atoms with E-state index in [0.29, 0.717) is 16.0 Å². The van der Waals surface area contributed by atoms with Gasteiger partial charge in [-0.2, -0.15) is 5.10 Å². The molecule has 0 atom stereocenters. The van der Waals surface area contributed by atoms with Crippen molar-refractivity contribution in [2.75, 3.05) is 0 Å². The molecule has 0 N–H and O–H groups in total. The Morgan fingerprint density at radius 2 is 2.00 bits per heavy atom. The van der Waals surface area contributed by atoms with Crippen LogP contribution in [0.5, 0.6) is 0 Å². The molecular formula is C13H8BrCl2N3. The quantitative estimate of drug-likeness (QED) is 0.587. The molecule has 0 spiro atoms. The molecule has 3 nitrogen and oxygen atoms in total. The van der Waals surface area contributed by atoms with E-state index in [4.69, 9.17) is 23.2 Å². The first-order valence-electron chi connectivity index (χ1n) is 5.53. The molecule has 2 aromatic heterocycles. The van der Waals surface area contributed by atoms with Crippen molar-refractivity contribution in [3.8, 4) is 11.1 Å². The molecule has 0 aliphatic rings. The molecule has 0 aliphatic heterocycles. The predicted octanol–water partition coefficient (Wildman–Crippen LogP) is 4.77. The van der Waals surface area contributed by atoms with Gasteiger partial charge in [0.1, 0.15) is 10.3 Å². The third-order valence-corrected chi connectivity index (χ3v) is 3.76. The van der Waals surface area contributed by atoms with Crippen molar-refractivity contribution < 1.29 is 0 Å². The van der Waals surface area contributed by atoms with Gasteiger partial charge < -0.3 is 0 Å². The molecule has 0 amide bonds. The van der Waals surface area contributed by atoms with Gasteiger partial charge in [-0.3, -0.25) is 0 Å². The SMILES string of the molecule is Cc1nn2c(Cl)cc(Cl)nc2c1-c1cccc(Br)c1. The van der Waals surface area contributed by atoms with E-state index in [0.717, 1.165) is 21.3 Å². The number of fused-ring (bicyclic) bond motifs is 1. The molecule has 0 aliphatic carbocycles. The Morgan fingerprint density at radius 3 is 2.74 bits per heavy atom. The van der Waals surface area contributed by atoms with Crippen LogP contribution in [0.15, 0.2) is 34.8 Å². The summed E-state index contributed by atoms with van der Waals surface area (Å²) in [7, 11) is 0. The fraction of sp³-hybridized carbons (Fsp3) is 0.0769. The van der Waals surface area contributed by atoms with Crippen LogP contribution in [0.4, 0.5) is 0 Å². The first-order valence-corrected chi connectivity index (χ1v) is 7.08. The Balaban J connectivity index is 2.38. The third-order valence-electron chi connectivity index (χ3n) is 2.80. The Hall–Kier alpha value is -1.10. The second-order valence-electron chi connectivity index (χ2n) is 4.11. The minimum absolute atomic E-state index is 0.355. The van der Waals surface area contributed by atoms with E-state index in [1.165, 1.54) is 0 Å². The molecule has 6 heteroatoms. The number of nitrogens with zero attached hydrogens (tertiary/aromatic N) is 3. The summed E-state index contributed by atoms with van der Waals surface area (Å²) in [5.41, 5.74) is 3.47. The van der Waals surface area contributed by atoms with E-state index in [-0.39, 0.29) is 0 Å². The minimum atomic E-state index is 0.355. The lowest BCUT2D eigenvalue weighted by Gasteiger charge is -2.02. The summed E-state index contributed by atoms with van der Waals surface area (Å²) in [6.45, 7) is 1.93. The van der Waals surface area contributed by atoms with E-state index >= 15 is 0 Å². The average Bonchev–Trinajstić information content (AvgIpc) is 2.66. The Labute approximate surface area is 128 Å². The summed E-state index contributed by atoms with van der Waals surface area (Å²) in [6.07, 6.45) is 0. The van der Waals surface area contributed by atoms with Crippen LogP contribution in [0.3, 0.4) is 0 Å². The standard InChI is InChI=1S/C13H8BrCl2N3/c1-7-12(8-3-2-4-9(14)5-8)13-17-10(15)6-11(16)19(13)18-7/h2-6H,1H3. The molecule has 0 saturated carbocycles. The highest BCUT2D eigenvalue weighted by molar-refractivity contribution is 9.10. The zero-order valence-electron chi connectivity index (χ0n) is 9.86. The van der Waals surface area contributed by atoms with E-state index in [1.807, 2.05) is 31.2 Å². The molecule has 0 bridgehead atoms. The van der Waals surface area contributed by atoms with Crippen LogP contribution >= 0.6 is 39.1 Å². The van der Waals surface area contributed by atoms with Crippen LogP contribution in [-0.4, -0.2) is 14.6 Å². The molecule has 3 aromatic rings. The van der Waals surface area contributed by atoms with Crippen molar-refractivity contribution in [3.05, 3.63) is 50.8 Å². The second kappa shape index (κ2) is 4.78. The van der Waals surface area contributed by atoms with Gasteiger partial charge in [0.15, 0.2) is 5.65 Å². The summed E-state index contributed by atoms with van der Waals surface area (Å²) in [6, 6.07) is 9.53. The van der Waals surface area contributed by atoms with Crippen molar-refractivity contribution in [3.63, 3.8) is 0 Å². The summed E-state index contributed by atoms with van der Waals surface area (Å²) in [4.78, 5) is 4.33. The molecule has 0 unspecified atom stereocenters. The van der Waals surface area contributed by atoms with E-state index in [1.54, 1.807) is 10.6 Å². The van der Waals surface area contributed by atoms with Crippen LogP contribution in [0.25, 0.3) is 16.8 Å². The second-order valence-corrected chi connectivity index (χ2v) is 5.80. The summed E-state index contributed by atoms with van der Waals surface area (Å²) in [5.74, 6) is 0. The van der Waals surface area contributed by atoms with Crippen LogP contribution in [0.1, 0.15) is 5.69 Å². The van der Waals surface area contributed by atoms with Crippen molar-refractivity contribution in [2.24, 2.45) is 0 Å². The van der Waals surface area contributed by atoms with Crippen molar-refractivity contribution >= 4 is 44.8 Å². The molecule has 0 saturated heterocycles. The Morgan fingerprint density at radius 1 is 1.21 bits per heavy atom. The van der Waals surface area contributed by atoms with Crippen LogP contribution in [0, 0.1) is 6.92 Å². The van der Waals surface area contributed by atoms with Crippen LogP contribution in [0.2, 0.25) is 10.3 Å². The number of benzene rings is 1. The van der Waals surface area contributed by atoms with Crippen molar-refractivity contribution in [1.82, 2.24) is 14.6 Å². The number of halogens is 3. The van der Waals surface area contributed by atoms with Crippen LogP contribution < -0.4 is 0 Å². The van der Waals surface area contributed by atoms with E-state index < -0.39 is 0 Å². The zero-order valence-corrected chi connectivity index (χ0v) is 13.0. The maximum Gasteiger partial charge on any atom is 0.166 e. The average molecular weight is 357 g/mol. The van der Waals surface area contributed by atoms with Gasteiger partial charge in [-0.05, 0) is 24.6 Å². The van der Waals surface area contributed by atoms with Crippen molar-refractivity contribution in [1.29, 1.82) is 0 Å². The molecule has 96 valence electrons. The molecular weight excluding hydrogens is 349 g/mol. The molecule has 0 fully saturated rings. The summed E-state index contributed by atoms with van der Waals surface area (Å²) >= 11 is 15.6. The lowest BCUT2D eigenvalue weighted by atomic mass is 10.1. The first-order chi connectivity index (χ1) is 9.06. The zero-order chi connectivity index (χ0) is 13.6. The van der Waals surface area contributed by atoms with Crippen molar-refractivity contribution in [2.45, 2.75) is 6.92 Å². The smallest absolute Gasteiger partial charge is 0.166 e. The van der Waals surface area contributed by atoms with Gasteiger partial charge in [0.2, 0.25) is 0 Å². The predicted molar refractivity (Wildman–Crippen MR) is 80.9 cm³/mol. The maximum absolute atomic E-state index is 6.13. The highest BCUT2D eigenvalue weighted by Gasteiger charge is 2.15. The number of aryl methyl sites for hydroxylation is 1. The monoisotopic (exact) mass is 355 g/mol. The topological polar surface area (TPSA) is 30.2 Å². The van der Waals surface area contributed by atoms with Crippen LogP contribution in [-0.2, 0) is 0 Å². The maximum atomic E-state index is 6.13. The largest absolute Gasteiger partial charge is 0.216 e. The Kier molecular flexibility index (Phi) is 3.25. The number of hydrogen-bond donors (Lipinski definition) is 0. The summed E-state index contributed by atoms with van der Waals surface area (Å²) in [5, 5.41) is 5.21. The van der Waals surface area contributed by atoms with E-state index in [2.05, 4.69) is 26.0 Å². The first kappa shape index (κ1) is 12.9. The van der Waals surface area contributed by atoms with Gasteiger partial charge in [0.05, 0.1) is 5.69 Å². The summed E-state index contributed by atoms with van der Waals surface area (Å²) < 4.78 is 2.59. The van der Waals surface area contributed by atoms with Gasteiger partial charge in [-0.25, -0.2) is 9.50 Å². The molecule has 19 heavy (non-hydrogen) atoms. The van der Waals surface area contributed by atoms with Gasteiger partial charge in [0, 0.05) is 16.1 Å². The number of aromatic nitrogens is 3. The van der Waals surface area contributed by atoms with E-state index in [9.17, 15) is 0 Å². The highest BCUT2D eigenvalue weighted by atomic mass is 79.9. The lowest BCUT2D eigenvalue weighted by Crippen LogP contribution is -1.92. The van der Waals surface area contributed by atoms with Gasteiger partial charge in [-0.1, -0.05) is 51.3 Å². The molecule has 3 rings (SSSR count). The Bertz CT molecular complexity index is 783. The molecule has 2 heterocycles. The fourth-order valence-corrected chi connectivity index (χ4v) is 2.90. The number of rotatable bonds is 1. The fourth-order valence-electron chi connectivity index (χ4n) is 2.04. The third kappa shape index (κ3) is 2.24. The number of hydrogen-bond acceptors (Lipinski definition) is 2. The van der Waals surface area contributed by atoms with Gasteiger partial charge in [-0.15, -0.1) is 0 Å². The molecule has 0 radical (unpaired) electrons. The van der Waals surface area contributed by atoms with Gasteiger partial charge in [0.25, 0.3) is 0 Å². The lowest BCUT2D eigenvalue weighted by molar-refractivity contribution is 0.918. The van der Waals surface area contributed by atoms with Gasteiger partial charge >= 0.3 is 0 Å². The molecule has 1 aromatic carbocycles. The normalized spacial score (nSPS) is 11.2. The minimum Gasteiger partial charge on any atom is -0.216 e. The highest BCUT2D eigenvalue weighted by Crippen LogP contribution is 2.31.